The summed E-state index contributed by atoms with van der Waals surface area (Å²) < 4.78 is 18.9. The number of hydrogen-bond acceptors (Lipinski definition) is 4. The molecule has 7 heteroatoms. The third kappa shape index (κ3) is 4.82. The number of ether oxygens (including phenoxy) is 1. The van der Waals surface area contributed by atoms with Crippen LogP contribution in [0.2, 0.25) is 0 Å². The summed E-state index contributed by atoms with van der Waals surface area (Å²) in [7, 11) is 1.52. The van der Waals surface area contributed by atoms with E-state index in [4.69, 9.17) is 4.74 Å². The summed E-state index contributed by atoms with van der Waals surface area (Å²) in [5.41, 5.74) is 2.34. The van der Waals surface area contributed by atoms with Crippen molar-refractivity contribution in [3.63, 3.8) is 0 Å². The Labute approximate surface area is 179 Å². The fourth-order valence-electron chi connectivity index (χ4n) is 3.68. The van der Waals surface area contributed by atoms with Crippen molar-refractivity contribution in [1.29, 1.82) is 0 Å². The van der Waals surface area contributed by atoms with Gasteiger partial charge in [-0.2, -0.15) is 0 Å². The molecule has 0 unspecified atom stereocenters. The van der Waals surface area contributed by atoms with Crippen molar-refractivity contribution < 1.29 is 13.9 Å². The lowest BCUT2D eigenvalue weighted by atomic mass is 10.0. The lowest BCUT2D eigenvalue weighted by Crippen LogP contribution is -2.31. The van der Waals surface area contributed by atoms with Gasteiger partial charge < -0.3 is 15.0 Å². The fraction of sp³-hybridized carbons (Fsp3) is 0.292. The Kier molecular flexibility index (Phi) is 5.84. The number of para-hydroxylation sites is 1. The average Bonchev–Trinajstić information content (AvgIpc) is 3.59. The molecule has 1 aliphatic rings. The van der Waals surface area contributed by atoms with Crippen molar-refractivity contribution in [2.45, 2.75) is 38.1 Å². The molecule has 0 aliphatic heterocycles. The molecule has 1 atom stereocenters. The number of hydrogen-bond donors (Lipinski definition) is 2. The van der Waals surface area contributed by atoms with Crippen LogP contribution in [-0.4, -0.2) is 23.0 Å². The van der Waals surface area contributed by atoms with Crippen LogP contribution in [0, 0.1) is 12.7 Å². The van der Waals surface area contributed by atoms with Crippen molar-refractivity contribution in [3.8, 4) is 5.75 Å². The number of nitrogens with zero attached hydrogens (tertiary/aromatic N) is 1. The molecule has 1 fully saturated rings. The van der Waals surface area contributed by atoms with Crippen molar-refractivity contribution in [2.75, 3.05) is 7.11 Å². The van der Waals surface area contributed by atoms with Gasteiger partial charge in [0.1, 0.15) is 17.4 Å². The molecule has 6 nitrogen and oxygen atoms in total. The van der Waals surface area contributed by atoms with Gasteiger partial charge in [0.15, 0.2) is 0 Å². The first-order valence-corrected chi connectivity index (χ1v) is 10.2. The molecule has 1 heterocycles. The summed E-state index contributed by atoms with van der Waals surface area (Å²) in [5.74, 6) is 0.805. The number of H-pyrrole nitrogens is 1. The number of aromatic nitrogens is 2. The maximum absolute atomic E-state index is 13.5. The van der Waals surface area contributed by atoms with Crippen molar-refractivity contribution in [2.24, 2.45) is 0 Å². The Bertz CT molecular complexity index is 1150. The van der Waals surface area contributed by atoms with E-state index in [1.54, 1.807) is 24.3 Å². The molecule has 160 valence electrons. The molecule has 1 amide bonds. The number of nitrogens with one attached hydrogen (secondary N) is 2. The highest BCUT2D eigenvalue weighted by molar-refractivity contribution is 5.97. The van der Waals surface area contributed by atoms with Gasteiger partial charge in [0, 0.05) is 18.4 Å². The van der Waals surface area contributed by atoms with Crippen LogP contribution < -0.4 is 15.6 Å². The minimum atomic E-state index is -0.500. The zero-order chi connectivity index (χ0) is 22.0. The molecule has 0 saturated heterocycles. The minimum Gasteiger partial charge on any atom is -0.496 e. The molecule has 1 aromatic heterocycles. The second kappa shape index (κ2) is 8.71. The van der Waals surface area contributed by atoms with Crippen LogP contribution >= 0.6 is 0 Å². The Balaban J connectivity index is 1.65. The van der Waals surface area contributed by atoms with Crippen LogP contribution in [0.15, 0.2) is 53.3 Å². The molecule has 31 heavy (non-hydrogen) atoms. The van der Waals surface area contributed by atoms with Gasteiger partial charge in [0.05, 0.1) is 24.4 Å². The Hall–Kier alpha value is -3.48. The summed E-state index contributed by atoms with van der Waals surface area (Å²) in [5, 5.41) is 3.01. The standard InChI is InChI=1S/C24H24FN3O3/c1-14-4-3-5-19(22(14)31-2)24(30)27-20(15-8-10-17(25)11-9-15)12-18-13-21(29)28-23(26-18)16-6-7-16/h3-5,8-11,13,16,20H,6-7,12H2,1-2H3,(H,27,30)(H,26,28,29)/t20-/m0/s1. The SMILES string of the molecule is COc1c(C)cccc1C(=O)N[C@@H](Cc1cc(=O)[nH]c(C2CC2)n1)c1ccc(F)cc1. The molecule has 0 spiro atoms. The highest BCUT2D eigenvalue weighted by Gasteiger charge is 2.27. The largest absolute Gasteiger partial charge is 0.496 e. The zero-order valence-electron chi connectivity index (χ0n) is 17.4. The van der Waals surface area contributed by atoms with Gasteiger partial charge >= 0.3 is 0 Å². The van der Waals surface area contributed by atoms with Crippen LogP contribution in [0.25, 0.3) is 0 Å². The zero-order valence-corrected chi connectivity index (χ0v) is 17.4. The van der Waals surface area contributed by atoms with Gasteiger partial charge in [-0.1, -0.05) is 24.3 Å². The minimum absolute atomic E-state index is 0.212. The molecule has 0 bridgehead atoms. The van der Waals surface area contributed by atoms with E-state index in [1.807, 2.05) is 13.0 Å². The van der Waals surface area contributed by atoms with E-state index in [1.165, 1.54) is 25.3 Å². The summed E-state index contributed by atoms with van der Waals surface area (Å²) in [6.45, 7) is 1.87. The molecule has 1 aliphatic carbocycles. The molecule has 4 rings (SSSR count). The van der Waals surface area contributed by atoms with Crippen molar-refractivity contribution in [3.05, 3.63) is 92.9 Å². The lowest BCUT2D eigenvalue weighted by Gasteiger charge is -2.20. The monoisotopic (exact) mass is 421 g/mol. The van der Waals surface area contributed by atoms with Crippen LogP contribution in [0.5, 0.6) is 5.75 Å². The fourth-order valence-corrected chi connectivity index (χ4v) is 3.68. The first kappa shape index (κ1) is 20.8. The van der Waals surface area contributed by atoms with Crippen LogP contribution in [-0.2, 0) is 6.42 Å². The molecular weight excluding hydrogens is 397 g/mol. The summed E-state index contributed by atoms with van der Waals surface area (Å²) in [4.78, 5) is 32.6. The molecule has 1 saturated carbocycles. The van der Waals surface area contributed by atoms with Gasteiger partial charge in [-0.05, 0) is 49.1 Å². The van der Waals surface area contributed by atoms with E-state index < -0.39 is 6.04 Å². The van der Waals surface area contributed by atoms with Crippen LogP contribution in [0.1, 0.15) is 57.8 Å². The van der Waals surface area contributed by atoms with Gasteiger partial charge in [-0.3, -0.25) is 9.59 Å². The van der Waals surface area contributed by atoms with Crippen molar-refractivity contribution in [1.82, 2.24) is 15.3 Å². The Morgan fingerprint density at radius 3 is 2.68 bits per heavy atom. The third-order valence-electron chi connectivity index (χ3n) is 5.43. The topological polar surface area (TPSA) is 84.1 Å². The molecule has 2 N–H and O–H groups in total. The summed E-state index contributed by atoms with van der Waals surface area (Å²) in [6.07, 6.45) is 2.32. The first-order chi connectivity index (χ1) is 14.9. The molecule has 2 aromatic carbocycles. The van der Waals surface area contributed by atoms with Gasteiger partial charge in [0.25, 0.3) is 11.5 Å². The predicted molar refractivity (Wildman–Crippen MR) is 115 cm³/mol. The van der Waals surface area contributed by atoms with E-state index in [-0.39, 0.29) is 17.3 Å². The molecule has 0 radical (unpaired) electrons. The molecular formula is C24H24FN3O3. The Morgan fingerprint density at radius 2 is 2.00 bits per heavy atom. The van der Waals surface area contributed by atoms with E-state index in [0.717, 1.165) is 24.0 Å². The third-order valence-corrected chi connectivity index (χ3v) is 5.43. The normalized spacial score (nSPS) is 14.2. The van der Waals surface area contributed by atoms with E-state index in [9.17, 15) is 14.0 Å². The highest BCUT2D eigenvalue weighted by atomic mass is 19.1. The smallest absolute Gasteiger partial charge is 0.255 e. The van der Waals surface area contributed by atoms with Crippen LogP contribution in [0.3, 0.4) is 0 Å². The summed E-state index contributed by atoms with van der Waals surface area (Å²) >= 11 is 0. The number of carbonyl (C=O) groups excluding carboxylic acids is 1. The number of aromatic amines is 1. The van der Waals surface area contributed by atoms with Crippen LogP contribution in [0.4, 0.5) is 4.39 Å². The number of carbonyl (C=O) groups is 1. The number of amides is 1. The summed E-state index contributed by atoms with van der Waals surface area (Å²) in [6, 6.07) is 12.3. The van der Waals surface area contributed by atoms with E-state index >= 15 is 0 Å². The lowest BCUT2D eigenvalue weighted by molar-refractivity contribution is 0.0933. The maximum atomic E-state index is 13.5. The highest BCUT2D eigenvalue weighted by Crippen LogP contribution is 2.37. The molecule has 3 aromatic rings. The average molecular weight is 421 g/mol. The first-order valence-electron chi connectivity index (χ1n) is 10.2. The second-order valence-corrected chi connectivity index (χ2v) is 7.83. The van der Waals surface area contributed by atoms with Crippen molar-refractivity contribution >= 4 is 5.91 Å². The van der Waals surface area contributed by atoms with E-state index in [2.05, 4.69) is 15.3 Å². The number of benzene rings is 2. The second-order valence-electron chi connectivity index (χ2n) is 7.83. The quantitative estimate of drug-likeness (QED) is 0.608. The number of rotatable bonds is 7. The number of aryl methyl sites for hydroxylation is 1. The van der Waals surface area contributed by atoms with Gasteiger partial charge in [0.2, 0.25) is 0 Å². The van der Waals surface area contributed by atoms with Gasteiger partial charge in [-0.15, -0.1) is 0 Å². The van der Waals surface area contributed by atoms with Gasteiger partial charge in [-0.25, -0.2) is 9.37 Å². The maximum Gasteiger partial charge on any atom is 0.255 e. The Morgan fingerprint density at radius 1 is 1.26 bits per heavy atom. The predicted octanol–water partition coefficient (Wildman–Crippen LogP) is 3.82. The number of halogens is 1. The van der Waals surface area contributed by atoms with E-state index in [0.29, 0.717) is 35.2 Å². The number of methoxy groups -OCH3 is 1.